The van der Waals surface area contributed by atoms with Crippen molar-refractivity contribution in [2.45, 2.75) is 6.04 Å². The molecule has 0 spiro atoms. The van der Waals surface area contributed by atoms with Crippen LogP contribution in [0.3, 0.4) is 0 Å². The zero-order valence-corrected chi connectivity index (χ0v) is 18.0. The van der Waals surface area contributed by atoms with E-state index in [1.54, 1.807) is 30.3 Å². The molecule has 2 heterocycles. The maximum absolute atomic E-state index is 13.9. The number of carbonyl (C=O) groups is 1. The van der Waals surface area contributed by atoms with Gasteiger partial charge in [0.15, 0.2) is 5.75 Å². The number of nitrogens with zero attached hydrogens (tertiary/aromatic N) is 2. The Kier molecular flexibility index (Phi) is 5.70. The molecule has 2 N–H and O–H groups in total. The standard InChI is InChI=1S/C28H20FN3O2/c29-23-17-9-16-22(30-23)25(18-10-3-1-4-11-18)32-28(34)24-20-14-7-8-15-21(20)31-26(27(24)33)19-12-5-2-6-13-19/h1-17,25,33H,(H,32,34). The highest BCUT2D eigenvalue weighted by Crippen LogP contribution is 2.36. The molecule has 3 aromatic carbocycles. The highest BCUT2D eigenvalue weighted by molar-refractivity contribution is 6.10. The van der Waals surface area contributed by atoms with Gasteiger partial charge in [-0.3, -0.25) is 4.79 Å². The number of hydrogen-bond acceptors (Lipinski definition) is 4. The number of fused-ring (bicyclic) bond motifs is 1. The van der Waals surface area contributed by atoms with Crippen molar-refractivity contribution < 1.29 is 14.3 Å². The number of pyridine rings is 2. The third-order valence-corrected chi connectivity index (χ3v) is 5.58. The smallest absolute Gasteiger partial charge is 0.256 e. The Bertz CT molecular complexity index is 1470. The summed E-state index contributed by atoms with van der Waals surface area (Å²) >= 11 is 0. The van der Waals surface area contributed by atoms with E-state index < -0.39 is 17.9 Å². The third kappa shape index (κ3) is 4.09. The second-order valence-corrected chi connectivity index (χ2v) is 7.77. The first-order valence-electron chi connectivity index (χ1n) is 10.8. The highest BCUT2D eigenvalue weighted by Gasteiger charge is 2.25. The van der Waals surface area contributed by atoms with Gasteiger partial charge in [0.25, 0.3) is 5.91 Å². The largest absolute Gasteiger partial charge is 0.505 e. The first-order valence-corrected chi connectivity index (χ1v) is 10.8. The summed E-state index contributed by atoms with van der Waals surface area (Å²) < 4.78 is 13.9. The minimum Gasteiger partial charge on any atom is -0.505 e. The molecule has 0 bridgehead atoms. The molecule has 0 aliphatic rings. The summed E-state index contributed by atoms with van der Waals surface area (Å²) in [5.41, 5.74) is 2.75. The van der Waals surface area contributed by atoms with Crippen LogP contribution < -0.4 is 5.32 Å². The summed E-state index contributed by atoms with van der Waals surface area (Å²) in [5, 5.41) is 14.7. The van der Waals surface area contributed by atoms with Crippen molar-refractivity contribution >= 4 is 16.8 Å². The number of hydrogen-bond donors (Lipinski definition) is 2. The van der Waals surface area contributed by atoms with E-state index in [0.717, 1.165) is 5.56 Å². The normalized spacial score (nSPS) is 11.8. The maximum Gasteiger partial charge on any atom is 0.256 e. The summed E-state index contributed by atoms with van der Waals surface area (Å²) in [6, 6.07) is 29.2. The van der Waals surface area contributed by atoms with Gasteiger partial charge in [-0.15, -0.1) is 0 Å². The summed E-state index contributed by atoms with van der Waals surface area (Å²) in [7, 11) is 0. The van der Waals surface area contributed by atoms with E-state index in [-0.39, 0.29) is 11.3 Å². The SMILES string of the molecule is O=C(NC(c1ccccc1)c1cccc(F)n1)c1c(O)c(-c2ccccc2)nc2ccccc12. The molecular weight excluding hydrogens is 429 g/mol. The Balaban J connectivity index is 1.64. The molecule has 2 aromatic heterocycles. The summed E-state index contributed by atoms with van der Waals surface area (Å²) in [5.74, 6) is -1.38. The highest BCUT2D eigenvalue weighted by atomic mass is 19.1. The van der Waals surface area contributed by atoms with Crippen LogP contribution >= 0.6 is 0 Å². The fraction of sp³-hybridized carbons (Fsp3) is 0.0357. The molecule has 1 unspecified atom stereocenters. The summed E-state index contributed by atoms with van der Waals surface area (Å²) in [4.78, 5) is 22.3. The molecule has 1 atom stereocenters. The molecule has 5 rings (SSSR count). The average molecular weight is 449 g/mol. The van der Waals surface area contributed by atoms with Gasteiger partial charge in [-0.05, 0) is 23.8 Å². The van der Waals surface area contributed by atoms with Crippen molar-refractivity contribution in [2.24, 2.45) is 0 Å². The van der Waals surface area contributed by atoms with E-state index in [0.29, 0.717) is 27.9 Å². The lowest BCUT2D eigenvalue weighted by molar-refractivity contribution is 0.0941. The van der Waals surface area contributed by atoms with Crippen molar-refractivity contribution in [3.8, 4) is 17.0 Å². The van der Waals surface area contributed by atoms with Crippen LogP contribution in [0.1, 0.15) is 27.7 Å². The zero-order chi connectivity index (χ0) is 23.5. The molecule has 0 saturated carbocycles. The van der Waals surface area contributed by atoms with Crippen molar-refractivity contribution in [3.05, 3.63) is 126 Å². The number of benzene rings is 3. The number of aromatic nitrogens is 2. The van der Waals surface area contributed by atoms with Gasteiger partial charge in [0, 0.05) is 10.9 Å². The molecule has 0 saturated heterocycles. The molecular formula is C28H20FN3O2. The van der Waals surface area contributed by atoms with Crippen LogP contribution in [0.15, 0.2) is 103 Å². The molecule has 34 heavy (non-hydrogen) atoms. The number of aromatic hydroxyl groups is 1. The summed E-state index contributed by atoms with van der Waals surface area (Å²) in [6.45, 7) is 0. The van der Waals surface area contributed by atoms with E-state index in [4.69, 9.17) is 0 Å². The van der Waals surface area contributed by atoms with E-state index in [1.165, 1.54) is 6.07 Å². The fourth-order valence-electron chi connectivity index (χ4n) is 3.99. The van der Waals surface area contributed by atoms with Gasteiger partial charge < -0.3 is 10.4 Å². The van der Waals surface area contributed by atoms with Crippen LogP contribution in [0, 0.1) is 5.95 Å². The number of amides is 1. The number of rotatable bonds is 5. The van der Waals surface area contributed by atoms with Gasteiger partial charge in [0.1, 0.15) is 5.69 Å². The molecule has 0 fully saturated rings. The van der Waals surface area contributed by atoms with Crippen molar-refractivity contribution in [2.75, 3.05) is 0 Å². The second-order valence-electron chi connectivity index (χ2n) is 7.77. The lowest BCUT2D eigenvalue weighted by Crippen LogP contribution is -2.30. The molecule has 6 heteroatoms. The Morgan fingerprint density at radius 3 is 2.21 bits per heavy atom. The molecule has 5 aromatic rings. The van der Waals surface area contributed by atoms with Gasteiger partial charge in [-0.2, -0.15) is 4.39 Å². The Morgan fingerprint density at radius 1 is 0.794 bits per heavy atom. The Hall–Kier alpha value is -4.58. The summed E-state index contributed by atoms with van der Waals surface area (Å²) in [6.07, 6.45) is 0. The van der Waals surface area contributed by atoms with Gasteiger partial charge in [-0.25, -0.2) is 9.97 Å². The predicted molar refractivity (Wildman–Crippen MR) is 129 cm³/mol. The van der Waals surface area contributed by atoms with E-state index in [2.05, 4.69) is 15.3 Å². The van der Waals surface area contributed by atoms with Crippen LogP contribution in [-0.2, 0) is 0 Å². The molecule has 0 radical (unpaired) electrons. The van der Waals surface area contributed by atoms with Gasteiger partial charge in [0.05, 0.1) is 22.8 Å². The van der Waals surface area contributed by atoms with Crippen LogP contribution in [0.4, 0.5) is 4.39 Å². The fourth-order valence-corrected chi connectivity index (χ4v) is 3.99. The predicted octanol–water partition coefficient (Wildman–Crippen LogP) is 5.66. The average Bonchev–Trinajstić information content (AvgIpc) is 2.88. The minimum absolute atomic E-state index is 0.0989. The van der Waals surface area contributed by atoms with Gasteiger partial charge in [0.2, 0.25) is 5.95 Å². The van der Waals surface area contributed by atoms with E-state index >= 15 is 0 Å². The van der Waals surface area contributed by atoms with Crippen LogP contribution in [-0.4, -0.2) is 21.0 Å². The Morgan fingerprint density at radius 2 is 1.47 bits per heavy atom. The number of para-hydroxylation sites is 1. The van der Waals surface area contributed by atoms with Gasteiger partial charge in [-0.1, -0.05) is 84.9 Å². The lowest BCUT2D eigenvalue weighted by atomic mass is 9.99. The number of carbonyl (C=O) groups excluding carboxylic acids is 1. The Labute approximate surface area is 195 Å². The molecule has 0 aliphatic carbocycles. The quantitative estimate of drug-likeness (QED) is 0.340. The van der Waals surface area contributed by atoms with Gasteiger partial charge >= 0.3 is 0 Å². The molecule has 5 nitrogen and oxygen atoms in total. The zero-order valence-electron chi connectivity index (χ0n) is 18.0. The maximum atomic E-state index is 13.9. The number of halogens is 1. The minimum atomic E-state index is -0.726. The molecule has 166 valence electrons. The van der Waals surface area contributed by atoms with Crippen molar-refractivity contribution in [1.29, 1.82) is 0 Å². The van der Waals surface area contributed by atoms with Crippen LogP contribution in [0.2, 0.25) is 0 Å². The van der Waals surface area contributed by atoms with Crippen molar-refractivity contribution in [3.63, 3.8) is 0 Å². The lowest BCUT2D eigenvalue weighted by Gasteiger charge is -2.20. The first-order chi connectivity index (χ1) is 16.6. The van der Waals surface area contributed by atoms with Crippen molar-refractivity contribution in [1.82, 2.24) is 15.3 Å². The topological polar surface area (TPSA) is 75.1 Å². The third-order valence-electron chi connectivity index (χ3n) is 5.58. The molecule has 0 aliphatic heterocycles. The number of nitrogens with one attached hydrogen (secondary N) is 1. The van der Waals surface area contributed by atoms with E-state index in [1.807, 2.05) is 66.7 Å². The monoisotopic (exact) mass is 449 g/mol. The van der Waals surface area contributed by atoms with E-state index in [9.17, 15) is 14.3 Å². The van der Waals surface area contributed by atoms with Crippen LogP contribution in [0.5, 0.6) is 5.75 Å². The van der Waals surface area contributed by atoms with Crippen LogP contribution in [0.25, 0.3) is 22.2 Å². The second kappa shape index (κ2) is 9.11. The molecule has 1 amide bonds. The first kappa shape index (κ1) is 21.3.